The van der Waals surface area contributed by atoms with Crippen molar-refractivity contribution in [2.45, 2.75) is 27.2 Å². The quantitative estimate of drug-likeness (QED) is 0.567. The van der Waals surface area contributed by atoms with Crippen LogP contribution >= 0.6 is 0 Å². The fourth-order valence-electron chi connectivity index (χ4n) is 1.77. The summed E-state index contributed by atoms with van der Waals surface area (Å²) in [7, 11) is 0. The first-order chi connectivity index (χ1) is 5.99. The highest BCUT2D eigenvalue weighted by Crippen LogP contribution is 2.28. The van der Waals surface area contributed by atoms with Crippen LogP contribution in [0.5, 0.6) is 0 Å². The van der Waals surface area contributed by atoms with Crippen molar-refractivity contribution in [3.63, 3.8) is 0 Å². The third-order valence-corrected chi connectivity index (χ3v) is 2.00. The Bertz CT molecular complexity index is 271. The molecule has 0 heterocycles. The van der Waals surface area contributed by atoms with Crippen LogP contribution in [0.15, 0.2) is 48.1 Å². The van der Waals surface area contributed by atoms with E-state index in [1.54, 1.807) is 0 Å². The van der Waals surface area contributed by atoms with Gasteiger partial charge < -0.3 is 0 Å². The van der Waals surface area contributed by atoms with Gasteiger partial charge in [-0.3, -0.25) is 0 Å². The highest BCUT2D eigenvalue weighted by Gasteiger charge is 2.14. The van der Waals surface area contributed by atoms with Crippen molar-refractivity contribution in [3.8, 4) is 0 Å². The van der Waals surface area contributed by atoms with Gasteiger partial charge in [-0.2, -0.15) is 0 Å². The van der Waals surface area contributed by atoms with E-state index in [0.29, 0.717) is 0 Å². The highest BCUT2D eigenvalue weighted by molar-refractivity contribution is 5.40. The number of hydrogen-bond acceptors (Lipinski definition) is 0. The summed E-state index contributed by atoms with van der Waals surface area (Å²) >= 11 is 0. The van der Waals surface area contributed by atoms with Gasteiger partial charge in [-0.1, -0.05) is 49.8 Å². The van der Waals surface area contributed by atoms with Gasteiger partial charge in [-0.15, -0.1) is 6.58 Å². The second-order valence-electron chi connectivity index (χ2n) is 4.49. The van der Waals surface area contributed by atoms with Crippen LogP contribution < -0.4 is 0 Å². The molecule has 0 radical (unpaired) electrons. The van der Waals surface area contributed by atoms with Crippen LogP contribution in [-0.2, 0) is 0 Å². The third-order valence-electron chi connectivity index (χ3n) is 2.00. The van der Waals surface area contributed by atoms with Gasteiger partial charge in [0.15, 0.2) is 0 Å². The lowest BCUT2D eigenvalue weighted by Crippen LogP contribution is -2.08. The maximum Gasteiger partial charge on any atom is -0.0129 e. The lowest BCUT2D eigenvalue weighted by atomic mass is 9.84. The number of hydrogen-bond donors (Lipinski definition) is 0. The van der Waals surface area contributed by atoms with Gasteiger partial charge in [0.1, 0.15) is 0 Å². The molecule has 0 aromatic heterocycles. The van der Waals surface area contributed by atoms with E-state index in [1.807, 2.05) is 0 Å². The summed E-state index contributed by atoms with van der Waals surface area (Å²) in [5, 5.41) is 0. The minimum atomic E-state index is 0.222. The smallest absolute Gasteiger partial charge is 0.0129 e. The average molecular weight is 174 g/mol. The normalized spacial score (nSPS) is 15.2. The molecule has 0 aromatic carbocycles. The van der Waals surface area contributed by atoms with E-state index in [2.05, 4.69) is 57.7 Å². The van der Waals surface area contributed by atoms with E-state index in [4.69, 9.17) is 0 Å². The predicted octanol–water partition coefficient (Wildman–Crippen LogP) is 4.03. The summed E-state index contributed by atoms with van der Waals surface area (Å²) in [6, 6.07) is 0. The van der Waals surface area contributed by atoms with E-state index < -0.39 is 0 Å². The molecular weight excluding hydrogens is 156 g/mol. The molecule has 0 aliphatic heterocycles. The molecular formula is C13H18. The topological polar surface area (TPSA) is 0 Å². The predicted molar refractivity (Wildman–Crippen MR) is 59.6 cm³/mol. The molecule has 0 bridgehead atoms. The molecule has 1 aliphatic rings. The van der Waals surface area contributed by atoms with Gasteiger partial charge in [0.25, 0.3) is 0 Å². The van der Waals surface area contributed by atoms with E-state index in [0.717, 1.165) is 6.42 Å². The Morgan fingerprint density at radius 2 is 1.92 bits per heavy atom. The summed E-state index contributed by atoms with van der Waals surface area (Å²) in [4.78, 5) is 0. The van der Waals surface area contributed by atoms with Gasteiger partial charge in [0.05, 0.1) is 0 Å². The van der Waals surface area contributed by atoms with Crippen molar-refractivity contribution < 1.29 is 0 Å². The SMILES string of the molecule is C=C(C)CC(C)(C)C=C1C=CC=C1. The molecule has 0 nitrogen and oxygen atoms in total. The first-order valence-electron chi connectivity index (χ1n) is 4.72. The first kappa shape index (κ1) is 10.0. The van der Waals surface area contributed by atoms with Gasteiger partial charge in [-0.25, -0.2) is 0 Å². The van der Waals surface area contributed by atoms with Crippen molar-refractivity contribution >= 4 is 0 Å². The summed E-state index contributed by atoms with van der Waals surface area (Å²) in [6.07, 6.45) is 11.8. The summed E-state index contributed by atoms with van der Waals surface area (Å²) < 4.78 is 0. The summed E-state index contributed by atoms with van der Waals surface area (Å²) in [6.45, 7) is 10.5. The van der Waals surface area contributed by atoms with Crippen molar-refractivity contribution in [1.82, 2.24) is 0 Å². The molecule has 1 aliphatic carbocycles. The van der Waals surface area contributed by atoms with Crippen molar-refractivity contribution in [1.29, 1.82) is 0 Å². The molecule has 0 N–H and O–H groups in total. The van der Waals surface area contributed by atoms with Crippen molar-refractivity contribution in [2.75, 3.05) is 0 Å². The van der Waals surface area contributed by atoms with E-state index in [1.165, 1.54) is 11.1 Å². The van der Waals surface area contributed by atoms with Crippen LogP contribution in [0.1, 0.15) is 27.2 Å². The minimum absolute atomic E-state index is 0.222. The number of allylic oxidation sites excluding steroid dienone is 7. The molecule has 13 heavy (non-hydrogen) atoms. The van der Waals surface area contributed by atoms with Crippen LogP contribution in [0.25, 0.3) is 0 Å². The summed E-state index contributed by atoms with van der Waals surface area (Å²) in [5.74, 6) is 0. The van der Waals surface area contributed by atoms with Gasteiger partial charge in [0.2, 0.25) is 0 Å². The molecule has 0 heteroatoms. The zero-order chi connectivity index (χ0) is 9.90. The monoisotopic (exact) mass is 174 g/mol. The molecule has 0 saturated heterocycles. The Labute approximate surface area is 81.4 Å². The molecule has 0 amide bonds. The average Bonchev–Trinajstić information content (AvgIpc) is 2.34. The molecule has 0 saturated carbocycles. The van der Waals surface area contributed by atoms with Gasteiger partial charge in [-0.05, 0) is 24.3 Å². The standard InChI is InChI=1S/C13H18/c1-11(2)9-13(3,4)10-12-7-5-6-8-12/h5-8,10H,1,9H2,2-4H3. The Kier molecular flexibility index (Phi) is 2.92. The molecule has 0 fully saturated rings. The van der Waals surface area contributed by atoms with Gasteiger partial charge >= 0.3 is 0 Å². The van der Waals surface area contributed by atoms with Crippen LogP contribution in [0.4, 0.5) is 0 Å². The second kappa shape index (κ2) is 3.78. The highest BCUT2D eigenvalue weighted by atomic mass is 14.2. The number of rotatable bonds is 3. The van der Waals surface area contributed by atoms with Crippen LogP contribution in [0.3, 0.4) is 0 Å². The van der Waals surface area contributed by atoms with Gasteiger partial charge in [0, 0.05) is 0 Å². The van der Waals surface area contributed by atoms with Crippen LogP contribution in [0, 0.1) is 5.41 Å². The lowest BCUT2D eigenvalue weighted by molar-refractivity contribution is 0.475. The Balaban J connectivity index is 2.70. The van der Waals surface area contributed by atoms with E-state index >= 15 is 0 Å². The summed E-state index contributed by atoms with van der Waals surface area (Å²) in [5.41, 5.74) is 2.78. The molecule has 0 atom stereocenters. The van der Waals surface area contributed by atoms with Crippen LogP contribution in [-0.4, -0.2) is 0 Å². The van der Waals surface area contributed by atoms with E-state index in [-0.39, 0.29) is 5.41 Å². The van der Waals surface area contributed by atoms with E-state index in [9.17, 15) is 0 Å². The zero-order valence-electron chi connectivity index (χ0n) is 8.80. The second-order valence-corrected chi connectivity index (χ2v) is 4.49. The Morgan fingerprint density at radius 1 is 1.38 bits per heavy atom. The van der Waals surface area contributed by atoms with Crippen LogP contribution in [0.2, 0.25) is 0 Å². The Hall–Kier alpha value is -1.04. The minimum Gasteiger partial charge on any atom is -0.100 e. The fraction of sp³-hybridized carbons (Fsp3) is 0.385. The fourth-order valence-corrected chi connectivity index (χ4v) is 1.77. The maximum atomic E-state index is 3.95. The largest absolute Gasteiger partial charge is 0.100 e. The molecule has 70 valence electrons. The molecule has 0 aromatic rings. The zero-order valence-corrected chi connectivity index (χ0v) is 8.80. The molecule has 0 spiro atoms. The van der Waals surface area contributed by atoms with Crippen molar-refractivity contribution in [2.24, 2.45) is 5.41 Å². The third kappa shape index (κ3) is 3.45. The first-order valence-corrected chi connectivity index (χ1v) is 4.72. The molecule has 1 rings (SSSR count). The lowest BCUT2D eigenvalue weighted by Gasteiger charge is -2.20. The van der Waals surface area contributed by atoms with Crippen molar-refractivity contribution in [3.05, 3.63) is 48.1 Å². The Morgan fingerprint density at radius 3 is 2.38 bits per heavy atom. The molecule has 0 unspecified atom stereocenters. The maximum absolute atomic E-state index is 3.95.